The molecule has 0 unspecified atom stereocenters. The van der Waals surface area contributed by atoms with E-state index in [1.165, 1.54) is 0 Å². The Hall–Kier alpha value is -4.83. The van der Waals surface area contributed by atoms with Gasteiger partial charge in [0.1, 0.15) is 11.5 Å². The molecule has 3 N–H and O–H groups in total. The fraction of sp³-hybridized carbons (Fsp3) is 0. The Morgan fingerprint density at radius 1 is 0.457 bits per heavy atom. The van der Waals surface area contributed by atoms with Crippen molar-refractivity contribution in [3.8, 4) is 11.5 Å². The highest BCUT2D eigenvalue weighted by Crippen LogP contribution is 2.45. The summed E-state index contributed by atoms with van der Waals surface area (Å²) in [5.41, 5.74) is 1.47. The lowest BCUT2D eigenvalue weighted by Crippen LogP contribution is -2.04. The van der Waals surface area contributed by atoms with Crippen LogP contribution in [0, 0.1) is 0 Å². The van der Waals surface area contributed by atoms with Crippen LogP contribution in [0.15, 0.2) is 89.7 Å². The van der Waals surface area contributed by atoms with Crippen molar-refractivity contribution in [2.24, 2.45) is 0 Å². The standard InChI is InChI=1S/C31H17NO3/c33-29-19-6-2-1-5-15(19)16-13-14-24-26-17(9-11-22(29)25(16)26)18-10-12-23-27(28(18)32-24)31(35)21-8-4-3-7-20(21)30(23)34/h1-14,32-34H. The zero-order valence-corrected chi connectivity index (χ0v) is 18.4. The number of phenols is 2. The van der Waals surface area contributed by atoms with Crippen LogP contribution in [-0.4, -0.2) is 15.2 Å². The summed E-state index contributed by atoms with van der Waals surface area (Å²) in [6, 6.07) is 27.0. The predicted octanol–water partition coefficient (Wildman–Crippen LogP) is 7.30. The van der Waals surface area contributed by atoms with Crippen LogP contribution >= 0.6 is 0 Å². The molecule has 8 aromatic rings. The molecule has 0 fully saturated rings. The van der Waals surface area contributed by atoms with E-state index in [0.29, 0.717) is 27.1 Å². The van der Waals surface area contributed by atoms with Gasteiger partial charge in [0.05, 0.1) is 10.9 Å². The van der Waals surface area contributed by atoms with E-state index in [4.69, 9.17) is 0 Å². The fourth-order valence-electron chi connectivity index (χ4n) is 6.01. The van der Waals surface area contributed by atoms with Crippen molar-refractivity contribution >= 4 is 75.7 Å². The molecular formula is C31H17NO3. The fourth-order valence-corrected chi connectivity index (χ4v) is 6.01. The summed E-state index contributed by atoms with van der Waals surface area (Å²) in [5.74, 6) is 0.395. The van der Waals surface area contributed by atoms with Crippen molar-refractivity contribution in [3.63, 3.8) is 0 Å². The first-order chi connectivity index (χ1) is 17.1. The maximum atomic E-state index is 13.6. The summed E-state index contributed by atoms with van der Waals surface area (Å²) >= 11 is 0. The molecule has 0 saturated heterocycles. The lowest BCUT2D eigenvalue weighted by Gasteiger charge is -2.17. The molecule has 0 bridgehead atoms. The van der Waals surface area contributed by atoms with Crippen LogP contribution < -0.4 is 5.43 Å². The molecule has 0 atom stereocenters. The van der Waals surface area contributed by atoms with Gasteiger partial charge in [-0.05, 0) is 34.4 Å². The molecule has 0 saturated carbocycles. The summed E-state index contributed by atoms with van der Waals surface area (Å²) in [6.07, 6.45) is 0. The van der Waals surface area contributed by atoms with Crippen LogP contribution in [0.3, 0.4) is 0 Å². The van der Waals surface area contributed by atoms with Gasteiger partial charge in [0.25, 0.3) is 0 Å². The minimum absolute atomic E-state index is 0.105. The number of hydrogen-bond acceptors (Lipinski definition) is 3. The molecule has 4 heteroatoms. The molecule has 8 rings (SSSR count). The van der Waals surface area contributed by atoms with Gasteiger partial charge < -0.3 is 15.2 Å². The average Bonchev–Trinajstić information content (AvgIpc) is 2.91. The molecule has 164 valence electrons. The minimum atomic E-state index is -0.105. The van der Waals surface area contributed by atoms with E-state index >= 15 is 0 Å². The van der Waals surface area contributed by atoms with E-state index in [-0.39, 0.29) is 16.9 Å². The quantitative estimate of drug-likeness (QED) is 0.167. The number of hydrogen-bond donors (Lipinski definition) is 3. The lowest BCUT2D eigenvalue weighted by molar-refractivity contribution is 0.487. The SMILES string of the molecule is O=c1c2ccccc2c(O)c2ccc3c4ccc5c(O)c6ccccc6c6ccc([nH]c3c12)c4c56. The molecule has 7 aromatic carbocycles. The summed E-state index contributed by atoms with van der Waals surface area (Å²) < 4.78 is 0. The molecule has 0 radical (unpaired) electrons. The van der Waals surface area contributed by atoms with Gasteiger partial charge >= 0.3 is 0 Å². The van der Waals surface area contributed by atoms with Gasteiger partial charge in [0.15, 0.2) is 5.43 Å². The molecule has 0 spiro atoms. The van der Waals surface area contributed by atoms with E-state index in [1.54, 1.807) is 12.1 Å². The molecule has 0 aliphatic carbocycles. The first-order valence-electron chi connectivity index (χ1n) is 11.5. The first-order valence-corrected chi connectivity index (χ1v) is 11.5. The van der Waals surface area contributed by atoms with Crippen molar-refractivity contribution < 1.29 is 10.2 Å². The van der Waals surface area contributed by atoms with Crippen molar-refractivity contribution in [1.82, 2.24) is 4.98 Å². The van der Waals surface area contributed by atoms with Gasteiger partial charge in [-0.25, -0.2) is 0 Å². The Balaban J connectivity index is 1.65. The Morgan fingerprint density at radius 2 is 0.971 bits per heavy atom. The van der Waals surface area contributed by atoms with Crippen molar-refractivity contribution in [2.75, 3.05) is 0 Å². The zero-order chi connectivity index (χ0) is 23.4. The van der Waals surface area contributed by atoms with Gasteiger partial charge in [0.2, 0.25) is 0 Å². The maximum Gasteiger partial charge on any atom is 0.196 e. The molecule has 0 amide bonds. The second-order valence-corrected chi connectivity index (χ2v) is 9.22. The number of phenolic OH excluding ortho intramolecular Hbond substituents is 2. The van der Waals surface area contributed by atoms with Gasteiger partial charge in [-0.2, -0.15) is 0 Å². The Labute approximate surface area is 197 Å². The van der Waals surface area contributed by atoms with E-state index in [2.05, 4.69) is 11.1 Å². The zero-order valence-electron chi connectivity index (χ0n) is 18.4. The lowest BCUT2D eigenvalue weighted by atomic mass is 9.90. The monoisotopic (exact) mass is 451 g/mol. The summed E-state index contributed by atoms with van der Waals surface area (Å²) in [6.45, 7) is 0. The normalized spacial score (nSPS) is 12.3. The smallest absolute Gasteiger partial charge is 0.196 e. The van der Waals surface area contributed by atoms with Gasteiger partial charge in [0, 0.05) is 48.6 Å². The molecule has 1 heterocycles. The molecular weight excluding hydrogens is 434 g/mol. The van der Waals surface area contributed by atoms with Crippen LogP contribution in [0.25, 0.3) is 75.7 Å². The maximum absolute atomic E-state index is 13.6. The third-order valence-electron chi connectivity index (χ3n) is 7.55. The van der Waals surface area contributed by atoms with Crippen LogP contribution in [0.4, 0.5) is 0 Å². The van der Waals surface area contributed by atoms with Gasteiger partial charge in [-0.3, -0.25) is 4.79 Å². The van der Waals surface area contributed by atoms with Crippen molar-refractivity contribution in [2.45, 2.75) is 0 Å². The Bertz CT molecular complexity index is 2260. The second kappa shape index (κ2) is 6.19. The summed E-state index contributed by atoms with van der Waals surface area (Å²) in [5, 5.41) is 31.9. The summed E-state index contributed by atoms with van der Waals surface area (Å²) in [4.78, 5) is 17.1. The first kappa shape index (κ1) is 18.6. The molecule has 35 heavy (non-hydrogen) atoms. The number of H-pyrrole nitrogens is 1. The highest BCUT2D eigenvalue weighted by Gasteiger charge is 2.20. The number of benzene rings is 7. The molecule has 0 aliphatic rings. The topological polar surface area (TPSA) is 73.3 Å². The number of aromatic hydroxyl groups is 2. The van der Waals surface area contributed by atoms with E-state index in [1.807, 2.05) is 66.7 Å². The third-order valence-corrected chi connectivity index (χ3v) is 7.55. The number of fused-ring (bicyclic) bond motifs is 7. The van der Waals surface area contributed by atoms with E-state index in [9.17, 15) is 15.0 Å². The van der Waals surface area contributed by atoms with Crippen LogP contribution in [0.5, 0.6) is 11.5 Å². The number of pyridine rings is 1. The number of rotatable bonds is 0. The van der Waals surface area contributed by atoms with Crippen LogP contribution in [0.2, 0.25) is 0 Å². The number of aromatic amines is 1. The van der Waals surface area contributed by atoms with Crippen LogP contribution in [-0.2, 0) is 0 Å². The predicted molar refractivity (Wildman–Crippen MR) is 144 cm³/mol. The van der Waals surface area contributed by atoms with Crippen molar-refractivity contribution in [3.05, 3.63) is 95.2 Å². The largest absolute Gasteiger partial charge is 0.507 e. The molecule has 4 nitrogen and oxygen atoms in total. The van der Waals surface area contributed by atoms with Crippen LogP contribution in [0.1, 0.15) is 0 Å². The molecule has 1 aromatic heterocycles. The molecule has 0 aliphatic heterocycles. The number of aromatic nitrogens is 1. The highest BCUT2D eigenvalue weighted by molar-refractivity contribution is 6.34. The average molecular weight is 451 g/mol. The summed E-state index contributed by atoms with van der Waals surface area (Å²) in [7, 11) is 0. The minimum Gasteiger partial charge on any atom is -0.507 e. The van der Waals surface area contributed by atoms with E-state index < -0.39 is 0 Å². The Morgan fingerprint density at radius 3 is 1.71 bits per heavy atom. The highest BCUT2D eigenvalue weighted by atomic mass is 16.3. The third kappa shape index (κ3) is 2.15. The Kier molecular flexibility index (Phi) is 3.28. The van der Waals surface area contributed by atoms with E-state index in [0.717, 1.165) is 48.6 Å². The van der Waals surface area contributed by atoms with Gasteiger partial charge in [-0.1, -0.05) is 66.7 Å². The number of nitrogens with one attached hydrogen (secondary N) is 1. The van der Waals surface area contributed by atoms with Crippen molar-refractivity contribution in [1.29, 1.82) is 0 Å². The second-order valence-electron chi connectivity index (χ2n) is 9.22. The van der Waals surface area contributed by atoms with Gasteiger partial charge in [-0.15, -0.1) is 0 Å².